The molecular weight excluding hydrogens is 412 g/mol. The average Bonchev–Trinajstić information content (AvgIpc) is 3.19. The molecule has 1 fully saturated rings. The van der Waals surface area contributed by atoms with Crippen LogP contribution in [0.1, 0.15) is 42.4 Å². The van der Waals surface area contributed by atoms with E-state index in [-0.39, 0.29) is 17.1 Å². The molecule has 7 nitrogen and oxygen atoms in total. The Hall–Kier alpha value is -2.58. The Morgan fingerprint density at radius 2 is 1.90 bits per heavy atom. The van der Waals surface area contributed by atoms with Crippen molar-refractivity contribution in [1.82, 2.24) is 5.32 Å². The van der Waals surface area contributed by atoms with E-state index in [1.165, 1.54) is 11.3 Å². The predicted octanol–water partition coefficient (Wildman–Crippen LogP) is 2.78. The molecule has 2 aromatic carbocycles. The Balaban J connectivity index is 1.50. The third-order valence-corrected chi connectivity index (χ3v) is 7.25. The van der Waals surface area contributed by atoms with E-state index < -0.39 is 10.0 Å². The number of nitrogens with zero attached hydrogens (tertiary/aromatic N) is 2. The molecule has 8 heteroatoms. The quantitative estimate of drug-likeness (QED) is 0.684. The molecule has 1 aliphatic carbocycles. The van der Waals surface area contributed by atoms with Crippen LogP contribution in [0.4, 0.5) is 5.69 Å². The van der Waals surface area contributed by atoms with E-state index in [1.54, 1.807) is 6.07 Å². The average molecular weight is 443 g/mol. The monoisotopic (exact) mass is 442 g/mol. The maximum absolute atomic E-state index is 11.9. The van der Waals surface area contributed by atoms with Crippen molar-refractivity contribution in [3.63, 3.8) is 0 Å². The van der Waals surface area contributed by atoms with Gasteiger partial charge in [0.15, 0.2) is 0 Å². The Morgan fingerprint density at radius 3 is 2.65 bits per heavy atom. The Bertz CT molecular complexity index is 1090. The number of benzene rings is 2. The molecule has 2 aliphatic rings. The first-order valence-electron chi connectivity index (χ1n) is 10.6. The number of hydrogen-bond acceptors (Lipinski definition) is 6. The number of fused-ring (bicyclic) bond motifs is 1. The van der Waals surface area contributed by atoms with Crippen LogP contribution in [0.5, 0.6) is 5.75 Å². The van der Waals surface area contributed by atoms with Gasteiger partial charge in [0.1, 0.15) is 18.2 Å². The molecule has 0 saturated heterocycles. The van der Waals surface area contributed by atoms with E-state index in [1.807, 2.05) is 26.2 Å². The van der Waals surface area contributed by atoms with Crippen LogP contribution < -0.4 is 20.7 Å². The fraction of sp³-hybridized carbons (Fsp3) is 0.435. The summed E-state index contributed by atoms with van der Waals surface area (Å²) in [6, 6.07) is 13.9. The summed E-state index contributed by atoms with van der Waals surface area (Å²) in [6.07, 6.45) is 4.38. The van der Waals surface area contributed by atoms with Gasteiger partial charge in [0.2, 0.25) is 0 Å². The molecule has 1 aliphatic heterocycles. The van der Waals surface area contributed by atoms with E-state index in [4.69, 9.17) is 10.5 Å². The maximum atomic E-state index is 11.9. The summed E-state index contributed by atoms with van der Waals surface area (Å²) >= 11 is 0. The molecule has 1 heterocycles. The molecule has 166 valence electrons. The molecule has 0 bridgehead atoms. The summed E-state index contributed by atoms with van der Waals surface area (Å²) < 4.78 is 33.8. The molecule has 3 N–H and O–H groups in total. The summed E-state index contributed by atoms with van der Waals surface area (Å²) in [5.74, 6) is 0.452. The largest absolute Gasteiger partial charge is 0.491 e. The van der Waals surface area contributed by atoms with Gasteiger partial charge in [0.05, 0.1) is 16.9 Å². The van der Waals surface area contributed by atoms with Gasteiger partial charge in [-0.05, 0) is 42.2 Å². The van der Waals surface area contributed by atoms with Gasteiger partial charge < -0.3 is 20.7 Å². The van der Waals surface area contributed by atoms with Gasteiger partial charge in [-0.3, -0.25) is 0 Å². The van der Waals surface area contributed by atoms with Crippen LogP contribution in [0.25, 0.3) is 0 Å². The third-order valence-electron chi connectivity index (χ3n) is 6.10. The summed E-state index contributed by atoms with van der Waals surface area (Å²) in [6.45, 7) is 1.26. The molecule has 31 heavy (non-hydrogen) atoms. The van der Waals surface area contributed by atoms with E-state index in [2.05, 4.69) is 38.9 Å². The summed E-state index contributed by atoms with van der Waals surface area (Å²) in [7, 11) is 0.520. The fourth-order valence-electron chi connectivity index (χ4n) is 4.41. The van der Waals surface area contributed by atoms with Gasteiger partial charge in [0, 0.05) is 26.3 Å². The number of nitrogens with one attached hydrogen (secondary N) is 1. The van der Waals surface area contributed by atoms with Crippen LogP contribution in [0.2, 0.25) is 0 Å². The smallest absolute Gasteiger partial charge is 0.259 e. The second-order valence-corrected chi connectivity index (χ2v) is 10.3. The molecule has 0 atom stereocenters. The van der Waals surface area contributed by atoms with Crippen molar-refractivity contribution >= 4 is 21.5 Å². The topological polar surface area (TPSA) is 97.0 Å². The summed E-state index contributed by atoms with van der Waals surface area (Å²) in [5, 5.41) is 3.75. The fourth-order valence-corrected chi connectivity index (χ4v) is 5.50. The van der Waals surface area contributed by atoms with Gasteiger partial charge in [-0.25, -0.2) is 8.42 Å². The van der Waals surface area contributed by atoms with Gasteiger partial charge in [0.25, 0.3) is 10.0 Å². The highest BCUT2D eigenvalue weighted by Gasteiger charge is 2.35. The lowest BCUT2D eigenvalue weighted by atomic mass is 9.98. The van der Waals surface area contributed by atoms with E-state index in [9.17, 15) is 8.42 Å². The van der Waals surface area contributed by atoms with E-state index in [0.29, 0.717) is 23.5 Å². The van der Waals surface area contributed by atoms with Crippen LogP contribution in [-0.2, 0) is 22.3 Å². The first kappa shape index (κ1) is 21.6. The zero-order chi connectivity index (χ0) is 22.1. The van der Waals surface area contributed by atoms with E-state index >= 15 is 0 Å². The van der Waals surface area contributed by atoms with Crippen molar-refractivity contribution in [3.05, 3.63) is 59.2 Å². The SMILES string of the molecule is CN(C)c1cccc(CNC2(COc3cccc4c3C(N)=NS(=O)(=O)C4)CCCC2)c1. The zero-order valence-corrected chi connectivity index (χ0v) is 18.9. The van der Waals surface area contributed by atoms with Gasteiger partial charge in [-0.1, -0.05) is 37.1 Å². The highest BCUT2D eigenvalue weighted by atomic mass is 32.2. The maximum Gasteiger partial charge on any atom is 0.259 e. The second kappa shape index (κ2) is 8.51. The summed E-state index contributed by atoms with van der Waals surface area (Å²) in [5.41, 5.74) is 9.51. The Labute approximate surface area is 184 Å². The minimum absolute atomic E-state index is 0.00535. The van der Waals surface area contributed by atoms with Crippen LogP contribution in [0.15, 0.2) is 46.9 Å². The molecule has 0 unspecified atom stereocenters. The lowest BCUT2D eigenvalue weighted by Crippen LogP contribution is -2.47. The van der Waals surface area contributed by atoms with Crippen LogP contribution in [-0.4, -0.2) is 40.5 Å². The first-order chi connectivity index (χ1) is 14.8. The number of nitrogens with two attached hydrogens (primary N) is 1. The van der Waals surface area contributed by atoms with Gasteiger partial charge in [-0.15, -0.1) is 4.40 Å². The van der Waals surface area contributed by atoms with Gasteiger partial charge in [-0.2, -0.15) is 0 Å². The Morgan fingerprint density at radius 1 is 1.16 bits per heavy atom. The molecule has 0 amide bonds. The van der Waals surface area contributed by atoms with Crippen LogP contribution >= 0.6 is 0 Å². The van der Waals surface area contributed by atoms with Crippen molar-refractivity contribution in [1.29, 1.82) is 0 Å². The predicted molar refractivity (Wildman–Crippen MR) is 124 cm³/mol. The molecule has 0 aromatic heterocycles. The van der Waals surface area contributed by atoms with Crippen LogP contribution in [0.3, 0.4) is 0 Å². The first-order valence-corrected chi connectivity index (χ1v) is 12.2. The number of rotatable bonds is 7. The lowest BCUT2D eigenvalue weighted by molar-refractivity contribution is 0.181. The number of amidine groups is 1. The number of hydrogen-bond donors (Lipinski definition) is 2. The molecular formula is C23H30N4O3S. The van der Waals surface area contributed by atoms with Crippen molar-refractivity contribution in [3.8, 4) is 5.75 Å². The third kappa shape index (κ3) is 4.85. The minimum atomic E-state index is -3.56. The molecule has 0 radical (unpaired) electrons. The normalized spacial score (nSPS) is 18.8. The second-order valence-electron chi connectivity index (χ2n) is 8.69. The number of sulfonamides is 1. The highest BCUT2D eigenvalue weighted by Crippen LogP contribution is 2.33. The molecule has 0 spiro atoms. The Kier molecular flexibility index (Phi) is 5.94. The standard InChI is InChI=1S/C23H30N4O3S/c1-27(2)19-9-5-7-17(13-19)14-25-23(11-3-4-12-23)16-30-20-10-6-8-18-15-31(28,29)26-22(24)21(18)20/h5-10,13,25H,3-4,11-12,14-16H2,1-2H3,(H2,24,26). The van der Waals surface area contributed by atoms with Crippen molar-refractivity contribution < 1.29 is 13.2 Å². The summed E-state index contributed by atoms with van der Waals surface area (Å²) in [4.78, 5) is 2.10. The van der Waals surface area contributed by atoms with Gasteiger partial charge >= 0.3 is 0 Å². The number of anilines is 1. The minimum Gasteiger partial charge on any atom is -0.491 e. The molecule has 1 saturated carbocycles. The lowest BCUT2D eigenvalue weighted by Gasteiger charge is -2.31. The van der Waals surface area contributed by atoms with Crippen molar-refractivity contribution in [2.45, 2.75) is 43.5 Å². The van der Waals surface area contributed by atoms with Crippen LogP contribution in [0, 0.1) is 0 Å². The van der Waals surface area contributed by atoms with Crippen molar-refractivity contribution in [2.75, 3.05) is 25.6 Å². The molecule has 2 aromatic rings. The van der Waals surface area contributed by atoms with E-state index in [0.717, 1.165) is 32.2 Å². The number of ether oxygens (including phenoxy) is 1. The molecule has 4 rings (SSSR count). The highest BCUT2D eigenvalue weighted by molar-refractivity contribution is 7.89. The zero-order valence-electron chi connectivity index (χ0n) is 18.1. The van der Waals surface area contributed by atoms with Crippen molar-refractivity contribution in [2.24, 2.45) is 10.1 Å².